The molecule has 9 heteroatoms. The fraction of sp³-hybridized carbons (Fsp3) is 0.263. The lowest BCUT2D eigenvalue weighted by Crippen LogP contribution is -2.21. The maximum Gasteiger partial charge on any atom is 0.309 e. The summed E-state index contributed by atoms with van der Waals surface area (Å²) in [5.74, 6) is -2.58. The first kappa shape index (κ1) is 21.5. The Kier molecular flexibility index (Phi) is 8.54. The monoisotopic (exact) mass is 411 g/mol. The molecule has 0 aliphatic carbocycles. The number of esters is 1. The Morgan fingerprint density at radius 1 is 1.07 bits per heavy atom. The van der Waals surface area contributed by atoms with Gasteiger partial charge in [-0.05, 0) is 36.4 Å². The summed E-state index contributed by atoms with van der Waals surface area (Å²) >= 11 is 0.413. The molecule has 2 aromatic carbocycles. The van der Waals surface area contributed by atoms with E-state index in [2.05, 4.69) is 5.32 Å². The van der Waals surface area contributed by atoms with Crippen molar-refractivity contribution in [1.29, 1.82) is 0 Å². The van der Waals surface area contributed by atoms with Crippen LogP contribution in [0.15, 0.2) is 53.4 Å². The van der Waals surface area contributed by atoms with Crippen molar-refractivity contribution < 1.29 is 32.6 Å². The minimum absolute atomic E-state index is 0.0368. The number of thioether (sulfide) groups is 1. The normalized spacial score (nSPS) is 10.4. The van der Waals surface area contributed by atoms with Gasteiger partial charge in [0.15, 0.2) is 18.1 Å². The van der Waals surface area contributed by atoms with Crippen LogP contribution in [0.2, 0.25) is 0 Å². The van der Waals surface area contributed by atoms with Crippen LogP contribution in [-0.4, -0.2) is 38.0 Å². The fourth-order valence-electron chi connectivity index (χ4n) is 2.12. The quantitative estimate of drug-likeness (QED) is 0.471. The predicted octanol–water partition coefficient (Wildman–Crippen LogP) is 3.96. The van der Waals surface area contributed by atoms with Gasteiger partial charge in [-0.1, -0.05) is 23.9 Å². The summed E-state index contributed by atoms with van der Waals surface area (Å²) in [5, 5.41) is 2.51. The third-order valence-electron chi connectivity index (χ3n) is 3.36. The van der Waals surface area contributed by atoms with Gasteiger partial charge in [-0.2, -0.15) is 8.78 Å². The molecule has 6 nitrogen and oxygen atoms in total. The molecule has 0 aliphatic rings. The minimum Gasteiger partial charge on any atom is -0.493 e. The molecule has 150 valence electrons. The van der Waals surface area contributed by atoms with E-state index in [4.69, 9.17) is 14.2 Å². The van der Waals surface area contributed by atoms with Gasteiger partial charge in [0.05, 0.1) is 20.1 Å². The van der Waals surface area contributed by atoms with E-state index in [1.807, 2.05) is 0 Å². The fourth-order valence-corrected chi connectivity index (χ4v) is 2.62. The van der Waals surface area contributed by atoms with Gasteiger partial charge in [0.25, 0.3) is 11.7 Å². The highest BCUT2D eigenvalue weighted by atomic mass is 32.2. The second kappa shape index (κ2) is 11.1. The third kappa shape index (κ3) is 7.43. The van der Waals surface area contributed by atoms with Crippen LogP contribution in [0.25, 0.3) is 0 Å². The van der Waals surface area contributed by atoms with Crippen LogP contribution in [0, 0.1) is 0 Å². The largest absolute Gasteiger partial charge is 0.493 e. The molecule has 1 N–H and O–H groups in total. The highest BCUT2D eigenvalue weighted by molar-refractivity contribution is 7.99. The van der Waals surface area contributed by atoms with Crippen molar-refractivity contribution in [2.24, 2.45) is 0 Å². The number of carbonyl (C=O) groups is 2. The highest BCUT2D eigenvalue weighted by Gasteiger charge is 2.10. The van der Waals surface area contributed by atoms with Gasteiger partial charge in [-0.15, -0.1) is 0 Å². The van der Waals surface area contributed by atoms with E-state index in [1.54, 1.807) is 24.3 Å². The number of methoxy groups -OCH3 is 1. The number of benzene rings is 2. The lowest BCUT2D eigenvalue weighted by Gasteiger charge is -2.10. The number of amides is 1. The Morgan fingerprint density at radius 3 is 2.39 bits per heavy atom. The maximum atomic E-state index is 12.3. The first-order chi connectivity index (χ1) is 13.5. The number of halogens is 2. The number of nitrogens with one attached hydrogen (secondary N) is 1. The Hall–Kier alpha value is -2.81. The molecule has 2 rings (SSSR count). The first-order valence-corrected chi connectivity index (χ1v) is 9.12. The smallest absolute Gasteiger partial charge is 0.309 e. The average Bonchev–Trinajstić information content (AvgIpc) is 2.68. The van der Waals surface area contributed by atoms with E-state index < -0.39 is 24.2 Å². The molecule has 0 radical (unpaired) electrons. The van der Waals surface area contributed by atoms with Crippen LogP contribution in [0.3, 0.4) is 0 Å². The topological polar surface area (TPSA) is 73.9 Å². The molecule has 28 heavy (non-hydrogen) atoms. The zero-order valence-electron chi connectivity index (χ0n) is 15.0. The average molecular weight is 411 g/mol. The summed E-state index contributed by atoms with van der Waals surface area (Å²) in [4.78, 5) is 23.9. The number of hydrogen-bond donors (Lipinski definition) is 1. The Balaban J connectivity index is 1.68. The molecule has 0 aromatic heterocycles. The number of hydrogen-bond acceptors (Lipinski definition) is 6. The van der Waals surface area contributed by atoms with Crippen molar-refractivity contribution >= 4 is 29.3 Å². The van der Waals surface area contributed by atoms with Gasteiger partial charge in [-0.3, -0.25) is 9.59 Å². The molecule has 0 bridgehead atoms. The van der Waals surface area contributed by atoms with E-state index in [1.165, 1.54) is 31.4 Å². The number of ether oxygens (including phenoxy) is 3. The maximum absolute atomic E-state index is 12.3. The van der Waals surface area contributed by atoms with E-state index in [0.29, 0.717) is 33.8 Å². The standard InChI is InChI=1S/C19H19F2NO5S/c1-25-15-4-2-3-5-16(15)26-11-10-18(24)27-12-17(23)22-13-6-8-14(9-7-13)28-19(20)21/h2-9,19H,10-12H2,1H3,(H,22,23). The molecule has 0 spiro atoms. The molecule has 0 aliphatic heterocycles. The molecule has 0 saturated heterocycles. The molecular formula is C19H19F2NO5S. The lowest BCUT2D eigenvalue weighted by molar-refractivity contribution is -0.147. The van der Waals surface area contributed by atoms with Crippen molar-refractivity contribution in [2.45, 2.75) is 17.1 Å². The summed E-state index contributed by atoms with van der Waals surface area (Å²) in [5.41, 5.74) is 0.416. The zero-order valence-corrected chi connectivity index (χ0v) is 15.8. The van der Waals surface area contributed by atoms with Gasteiger partial charge >= 0.3 is 5.97 Å². The second-order valence-corrected chi connectivity index (χ2v) is 6.42. The number of carbonyl (C=O) groups excluding carboxylic acids is 2. The lowest BCUT2D eigenvalue weighted by atomic mass is 10.3. The number of anilines is 1. The van der Waals surface area contributed by atoms with Crippen molar-refractivity contribution in [2.75, 3.05) is 25.6 Å². The van der Waals surface area contributed by atoms with Crippen LogP contribution < -0.4 is 14.8 Å². The van der Waals surface area contributed by atoms with Crippen LogP contribution in [0.4, 0.5) is 14.5 Å². The van der Waals surface area contributed by atoms with Gasteiger partial charge < -0.3 is 19.5 Å². The molecule has 0 fully saturated rings. The Morgan fingerprint density at radius 2 is 1.75 bits per heavy atom. The molecule has 2 aromatic rings. The van der Waals surface area contributed by atoms with Crippen molar-refractivity contribution in [1.82, 2.24) is 0 Å². The molecule has 1 amide bonds. The first-order valence-electron chi connectivity index (χ1n) is 8.24. The SMILES string of the molecule is COc1ccccc1OCCC(=O)OCC(=O)Nc1ccc(SC(F)F)cc1. The van der Waals surface area contributed by atoms with Crippen molar-refractivity contribution in [3.63, 3.8) is 0 Å². The third-order valence-corrected chi connectivity index (χ3v) is 4.08. The number of para-hydroxylation sites is 2. The van der Waals surface area contributed by atoms with Gasteiger partial charge in [0.2, 0.25) is 0 Å². The van der Waals surface area contributed by atoms with E-state index in [0.717, 1.165) is 0 Å². The number of alkyl halides is 2. The van der Waals surface area contributed by atoms with E-state index in [9.17, 15) is 18.4 Å². The van der Waals surface area contributed by atoms with Crippen LogP contribution in [0.5, 0.6) is 11.5 Å². The van der Waals surface area contributed by atoms with Crippen LogP contribution in [-0.2, 0) is 14.3 Å². The summed E-state index contributed by atoms with van der Waals surface area (Å²) in [6, 6.07) is 12.9. The summed E-state index contributed by atoms with van der Waals surface area (Å²) < 4.78 is 40.0. The molecule has 0 saturated carbocycles. The minimum atomic E-state index is -2.51. The van der Waals surface area contributed by atoms with Gasteiger partial charge in [0.1, 0.15) is 0 Å². The Bertz CT molecular complexity index is 786. The molecule has 0 atom stereocenters. The molecular weight excluding hydrogens is 392 g/mol. The van der Waals surface area contributed by atoms with E-state index in [-0.39, 0.29) is 13.0 Å². The van der Waals surface area contributed by atoms with Gasteiger partial charge in [-0.25, -0.2) is 0 Å². The Labute approximate surface area is 165 Å². The van der Waals surface area contributed by atoms with E-state index >= 15 is 0 Å². The van der Waals surface area contributed by atoms with Crippen molar-refractivity contribution in [3.05, 3.63) is 48.5 Å². The van der Waals surface area contributed by atoms with Gasteiger partial charge in [0, 0.05) is 10.6 Å². The highest BCUT2D eigenvalue weighted by Crippen LogP contribution is 2.26. The second-order valence-electron chi connectivity index (χ2n) is 5.36. The summed E-state index contributed by atoms with van der Waals surface area (Å²) in [6.45, 7) is -0.384. The predicted molar refractivity (Wildman–Crippen MR) is 101 cm³/mol. The summed E-state index contributed by atoms with van der Waals surface area (Å²) in [7, 11) is 1.51. The zero-order chi connectivity index (χ0) is 20.4. The van der Waals surface area contributed by atoms with Crippen LogP contribution in [0.1, 0.15) is 6.42 Å². The van der Waals surface area contributed by atoms with Crippen molar-refractivity contribution in [3.8, 4) is 11.5 Å². The van der Waals surface area contributed by atoms with Crippen LogP contribution >= 0.6 is 11.8 Å². The molecule has 0 heterocycles. The number of rotatable bonds is 10. The summed E-state index contributed by atoms with van der Waals surface area (Å²) in [6.07, 6.45) is -0.0368. The molecule has 0 unspecified atom stereocenters.